The van der Waals surface area contributed by atoms with Crippen LogP contribution < -0.4 is 11.3 Å². The van der Waals surface area contributed by atoms with Gasteiger partial charge in [-0.25, -0.2) is 8.42 Å². The summed E-state index contributed by atoms with van der Waals surface area (Å²) in [5.41, 5.74) is 4.24. The third-order valence-corrected chi connectivity index (χ3v) is 5.93. The van der Waals surface area contributed by atoms with E-state index in [2.05, 4.69) is 10.4 Å². The minimum Gasteiger partial charge on any atom is -0.271 e. The van der Waals surface area contributed by atoms with Gasteiger partial charge in [-0.2, -0.15) is 0 Å². The zero-order valence-corrected chi connectivity index (χ0v) is 12.6. The van der Waals surface area contributed by atoms with Crippen LogP contribution in [0, 0.1) is 0 Å². The zero-order valence-electron chi connectivity index (χ0n) is 11.8. The SMILES string of the molecule is CC(C)(C(NN)c1ccc2cccnc2c1)S(C)(=O)=O. The van der Waals surface area contributed by atoms with Crippen molar-refractivity contribution in [1.82, 2.24) is 10.4 Å². The second-order valence-electron chi connectivity index (χ2n) is 5.43. The Morgan fingerprint density at radius 3 is 2.60 bits per heavy atom. The first-order chi connectivity index (χ1) is 9.27. The van der Waals surface area contributed by atoms with Gasteiger partial charge < -0.3 is 0 Å². The van der Waals surface area contributed by atoms with Crippen LogP contribution in [0.25, 0.3) is 10.9 Å². The number of nitrogens with zero attached hydrogens (tertiary/aromatic N) is 1. The summed E-state index contributed by atoms with van der Waals surface area (Å²) in [6, 6.07) is 8.97. The Hall–Kier alpha value is -1.50. The van der Waals surface area contributed by atoms with Crippen molar-refractivity contribution in [3.05, 3.63) is 42.1 Å². The first-order valence-corrected chi connectivity index (χ1v) is 8.17. The van der Waals surface area contributed by atoms with Crippen molar-refractivity contribution >= 4 is 20.7 Å². The monoisotopic (exact) mass is 293 g/mol. The molecule has 0 saturated heterocycles. The van der Waals surface area contributed by atoms with E-state index in [4.69, 9.17) is 5.84 Å². The van der Waals surface area contributed by atoms with Crippen molar-refractivity contribution in [2.75, 3.05) is 6.26 Å². The van der Waals surface area contributed by atoms with Crippen LogP contribution in [0.2, 0.25) is 0 Å². The van der Waals surface area contributed by atoms with Gasteiger partial charge in [-0.05, 0) is 31.5 Å². The highest BCUT2D eigenvalue weighted by Crippen LogP contribution is 2.32. The van der Waals surface area contributed by atoms with E-state index in [9.17, 15) is 8.42 Å². The maximum atomic E-state index is 12.0. The van der Waals surface area contributed by atoms with Crippen LogP contribution in [-0.2, 0) is 9.84 Å². The second-order valence-corrected chi connectivity index (χ2v) is 8.03. The lowest BCUT2D eigenvalue weighted by Crippen LogP contribution is -2.47. The number of pyridine rings is 1. The largest absolute Gasteiger partial charge is 0.271 e. The number of hydrazine groups is 1. The van der Waals surface area contributed by atoms with Crippen LogP contribution in [0.4, 0.5) is 0 Å². The number of hydrogen-bond donors (Lipinski definition) is 2. The quantitative estimate of drug-likeness (QED) is 0.660. The molecule has 0 saturated carbocycles. The number of fused-ring (bicyclic) bond motifs is 1. The molecule has 0 aliphatic carbocycles. The minimum absolute atomic E-state index is 0.510. The standard InChI is InChI=1S/C14H19N3O2S/c1-14(2,20(3,18)19)13(17-15)11-7-6-10-5-4-8-16-12(10)9-11/h4-9,13,17H,15H2,1-3H3. The molecule has 2 rings (SSSR count). The smallest absolute Gasteiger partial charge is 0.154 e. The molecule has 0 radical (unpaired) electrons. The molecular weight excluding hydrogens is 274 g/mol. The minimum atomic E-state index is -3.28. The second kappa shape index (κ2) is 5.12. The average Bonchev–Trinajstić information content (AvgIpc) is 2.38. The number of aromatic nitrogens is 1. The molecule has 0 bridgehead atoms. The van der Waals surface area contributed by atoms with E-state index in [-0.39, 0.29) is 0 Å². The van der Waals surface area contributed by atoms with E-state index in [1.54, 1.807) is 20.0 Å². The van der Waals surface area contributed by atoms with Crippen LogP contribution in [0.3, 0.4) is 0 Å². The van der Waals surface area contributed by atoms with Crippen LogP contribution >= 0.6 is 0 Å². The van der Waals surface area contributed by atoms with Crippen molar-refractivity contribution in [3.8, 4) is 0 Å². The van der Waals surface area contributed by atoms with E-state index in [1.165, 1.54) is 6.26 Å². The molecule has 1 aromatic carbocycles. The highest BCUT2D eigenvalue weighted by molar-refractivity contribution is 7.92. The molecule has 0 fully saturated rings. The number of nitrogens with one attached hydrogen (secondary N) is 1. The van der Waals surface area contributed by atoms with Crippen LogP contribution in [0.15, 0.2) is 36.5 Å². The third kappa shape index (κ3) is 2.54. The van der Waals surface area contributed by atoms with E-state index < -0.39 is 20.6 Å². The molecule has 5 nitrogen and oxygen atoms in total. The Morgan fingerprint density at radius 1 is 1.30 bits per heavy atom. The zero-order chi connectivity index (χ0) is 15.0. The first-order valence-electron chi connectivity index (χ1n) is 6.28. The summed E-state index contributed by atoms with van der Waals surface area (Å²) in [6.07, 6.45) is 2.93. The molecule has 0 spiro atoms. The Labute approximate surface area is 119 Å². The predicted octanol–water partition coefficient (Wildman–Crippen LogP) is 1.56. The van der Waals surface area contributed by atoms with Gasteiger partial charge in [0.05, 0.1) is 16.3 Å². The van der Waals surface area contributed by atoms with Gasteiger partial charge in [0.15, 0.2) is 9.84 Å². The number of hydrogen-bond acceptors (Lipinski definition) is 5. The molecule has 3 N–H and O–H groups in total. The Balaban J connectivity index is 2.55. The van der Waals surface area contributed by atoms with Crippen molar-refractivity contribution in [3.63, 3.8) is 0 Å². The molecule has 1 atom stereocenters. The molecule has 108 valence electrons. The normalized spacial score (nSPS) is 14.4. The molecule has 1 unspecified atom stereocenters. The van der Waals surface area contributed by atoms with Crippen molar-refractivity contribution < 1.29 is 8.42 Å². The third-order valence-electron chi connectivity index (χ3n) is 3.78. The van der Waals surface area contributed by atoms with Gasteiger partial charge in [-0.15, -0.1) is 0 Å². The van der Waals surface area contributed by atoms with Crippen LogP contribution in [0.1, 0.15) is 25.5 Å². The maximum Gasteiger partial charge on any atom is 0.154 e. The number of sulfone groups is 1. The average molecular weight is 293 g/mol. The van der Waals surface area contributed by atoms with E-state index in [0.29, 0.717) is 0 Å². The molecule has 1 heterocycles. The lowest BCUT2D eigenvalue weighted by atomic mass is 9.95. The van der Waals surface area contributed by atoms with Gasteiger partial charge in [0.1, 0.15) is 0 Å². The summed E-state index contributed by atoms with van der Waals surface area (Å²) in [7, 11) is -3.28. The highest BCUT2D eigenvalue weighted by Gasteiger charge is 2.39. The molecule has 0 aliphatic rings. The lowest BCUT2D eigenvalue weighted by Gasteiger charge is -2.32. The lowest BCUT2D eigenvalue weighted by molar-refractivity contribution is 0.428. The maximum absolute atomic E-state index is 12.0. The fourth-order valence-electron chi connectivity index (χ4n) is 2.18. The molecule has 0 amide bonds. The fourth-order valence-corrected chi connectivity index (χ4v) is 2.81. The molecule has 0 aliphatic heterocycles. The summed E-state index contributed by atoms with van der Waals surface area (Å²) in [5.74, 6) is 5.60. The molecule has 1 aromatic heterocycles. The van der Waals surface area contributed by atoms with Gasteiger partial charge in [0.2, 0.25) is 0 Å². The number of benzene rings is 1. The number of rotatable bonds is 4. The van der Waals surface area contributed by atoms with Gasteiger partial charge in [-0.3, -0.25) is 16.3 Å². The summed E-state index contributed by atoms with van der Waals surface area (Å²) < 4.78 is 22.9. The molecular formula is C14H19N3O2S. The van der Waals surface area contributed by atoms with E-state index in [1.807, 2.05) is 30.3 Å². The van der Waals surface area contributed by atoms with Gasteiger partial charge in [0, 0.05) is 17.8 Å². The van der Waals surface area contributed by atoms with Crippen molar-refractivity contribution in [2.45, 2.75) is 24.6 Å². The Morgan fingerprint density at radius 2 is 2.00 bits per heavy atom. The Bertz CT molecular complexity index is 726. The van der Waals surface area contributed by atoms with E-state index >= 15 is 0 Å². The summed E-state index contributed by atoms with van der Waals surface area (Å²) >= 11 is 0. The highest BCUT2D eigenvalue weighted by atomic mass is 32.2. The van der Waals surface area contributed by atoms with Crippen molar-refractivity contribution in [1.29, 1.82) is 0 Å². The topological polar surface area (TPSA) is 85.1 Å². The Kier molecular flexibility index (Phi) is 3.82. The summed E-state index contributed by atoms with van der Waals surface area (Å²) in [5, 5.41) is 1.00. The van der Waals surface area contributed by atoms with Crippen LogP contribution in [0.5, 0.6) is 0 Å². The molecule has 6 heteroatoms. The van der Waals surface area contributed by atoms with E-state index in [0.717, 1.165) is 16.5 Å². The number of nitrogens with two attached hydrogens (primary N) is 1. The summed E-state index contributed by atoms with van der Waals surface area (Å²) in [6.45, 7) is 3.32. The molecule has 2 aromatic rings. The van der Waals surface area contributed by atoms with Crippen molar-refractivity contribution in [2.24, 2.45) is 5.84 Å². The van der Waals surface area contributed by atoms with Crippen LogP contribution in [-0.4, -0.2) is 24.4 Å². The predicted molar refractivity (Wildman–Crippen MR) is 80.7 cm³/mol. The first kappa shape index (κ1) is 14.9. The van der Waals surface area contributed by atoms with Gasteiger partial charge in [-0.1, -0.05) is 18.2 Å². The fraction of sp³-hybridized carbons (Fsp3) is 0.357. The van der Waals surface area contributed by atoms with Gasteiger partial charge >= 0.3 is 0 Å². The summed E-state index contributed by atoms with van der Waals surface area (Å²) in [4.78, 5) is 4.28. The van der Waals surface area contributed by atoms with Gasteiger partial charge in [0.25, 0.3) is 0 Å². The molecule has 20 heavy (non-hydrogen) atoms.